The quantitative estimate of drug-likeness (QED) is 0.155. The Morgan fingerprint density at radius 3 is 1.06 bits per heavy atom. The van der Waals surface area contributed by atoms with E-state index in [0.717, 1.165) is 49.4 Å². The van der Waals surface area contributed by atoms with Gasteiger partial charge in [-0.15, -0.1) is 0 Å². The molecule has 0 aliphatic carbocycles. The molecule has 0 amide bonds. The molecule has 0 bridgehead atoms. The van der Waals surface area contributed by atoms with Crippen molar-refractivity contribution >= 4 is 119 Å². The minimum Gasteiger partial charge on any atom is -0.264 e. The van der Waals surface area contributed by atoms with Crippen LogP contribution >= 0.6 is 0 Å². The van der Waals surface area contributed by atoms with Crippen LogP contribution in [0.15, 0.2) is 335 Å². The van der Waals surface area contributed by atoms with Gasteiger partial charge in [-0.25, -0.2) is 0 Å². The molecular formula is C89H55N5. The molecule has 5 aromatic heterocycles. The largest absolute Gasteiger partial charge is 0.264 e. The number of pyridine rings is 5. The summed E-state index contributed by atoms with van der Waals surface area (Å²) in [7, 11) is 0. The molecule has 5 nitrogen and oxygen atoms in total. The van der Waals surface area contributed by atoms with Crippen molar-refractivity contribution in [1.29, 1.82) is 0 Å². The highest BCUT2D eigenvalue weighted by molar-refractivity contribution is 6.29. The molecular weight excluding hydrogens is 1140 g/mol. The average molecular weight is 1190 g/mol. The molecule has 5 heterocycles. The van der Waals surface area contributed by atoms with Crippen LogP contribution in [-0.4, -0.2) is 24.9 Å². The molecule has 20 aromatic rings. The Bertz CT molecular complexity index is 5870. The normalized spacial score (nSPS) is 11.6. The summed E-state index contributed by atoms with van der Waals surface area (Å²) in [6.07, 6.45) is 13.5. The van der Waals surface area contributed by atoms with E-state index in [1.807, 2.05) is 79.8 Å². The SMILES string of the molecule is c1ccc2ncc(-c3ccc4ccc5c(-c6ccc(-c7cccc8ccncc78)cc6)ccc6ccc3c4c65)cc2c1.c1ccc2ncc(-c3ccc4ccc5c(-c6ccc(-c7cncc8ccccc78)cc6)ccc6ccc3c4c65)cc2c1.c1ccc2ncccc2c1. The summed E-state index contributed by atoms with van der Waals surface area (Å²) in [6.45, 7) is 0. The highest BCUT2D eigenvalue weighted by Crippen LogP contribution is 2.45. The maximum atomic E-state index is 4.76. The number of fused-ring (bicyclic) bond motifs is 5. The van der Waals surface area contributed by atoms with E-state index in [2.05, 4.69) is 270 Å². The number of hydrogen-bond acceptors (Lipinski definition) is 5. The lowest BCUT2D eigenvalue weighted by molar-refractivity contribution is 1.36. The zero-order chi connectivity index (χ0) is 62.1. The van der Waals surface area contributed by atoms with E-state index in [1.165, 1.54) is 136 Å². The molecule has 0 saturated carbocycles. The molecule has 0 aliphatic rings. The molecule has 20 rings (SSSR count). The zero-order valence-corrected chi connectivity index (χ0v) is 51.0. The van der Waals surface area contributed by atoms with Crippen LogP contribution in [0.5, 0.6) is 0 Å². The average Bonchev–Trinajstić information content (AvgIpc) is 0.735. The van der Waals surface area contributed by atoms with Crippen molar-refractivity contribution in [2.45, 2.75) is 0 Å². The fourth-order valence-electron chi connectivity index (χ4n) is 14.4. The van der Waals surface area contributed by atoms with E-state index in [9.17, 15) is 0 Å². The summed E-state index contributed by atoms with van der Waals surface area (Å²) < 4.78 is 0. The molecule has 0 saturated heterocycles. The van der Waals surface area contributed by atoms with E-state index < -0.39 is 0 Å². The fourth-order valence-corrected chi connectivity index (χ4v) is 14.4. The van der Waals surface area contributed by atoms with Gasteiger partial charge in [0.15, 0.2) is 0 Å². The van der Waals surface area contributed by atoms with Gasteiger partial charge < -0.3 is 0 Å². The first kappa shape index (κ1) is 54.4. The van der Waals surface area contributed by atoms with Crippen molar-refractivity contribution in [2.24, 2.45) is 0 Å². The van der Waals surface area contributed by atoms with Gasteiger partial charge in [0.2, 0.25) is 0 Å². The second kappa shape index (κ2) is 22.7. The van der Waals surface area contributed by atoms with E-state index in [1.54, 1.807) is 0 Å². The molecule has 0 unspecified atom stereocenters. The number of rotatable bonds is 6. The van der Waals surface area contributed by atoms with Gasteiger partial charge in [-0.2, -0.15) is 0 Å². The first-order chi connectivity index (χ1) is 46.6. The van der Waals surface area contributed by atoms with Gasteiger partial charge in [-0.3, -0.25) is 24.9 Å². The molecule has 0 atom stereocenters. The predicted octanol–water partition coefficient (Wildman–Crippen LogP) is 23.6. The lowest BCUT2D eigenvalue weighted by Gasteiger charge is -2.17. The fraction of sp³-hybridized carbons (Fsp3) is 0. The standard InChI is InChI=1S/2C40H24N2.C9H7N/c1-3-7-32-30(6-1)22-41-24-37(32)26-11-9-25(10-12-26)33-17-13-27-16-20-36-34(18-14-28-15-19-35(33)39(27)40(28)36)31-21-29-5-2-4-8-38(29)42-23-31;1-2-7-38-30(4-1)22-31(23-42-38)34-17-13-29-14-18-35-33(16-12-28-15-19-36(34)40(29)39(28)35)27-10-8-26(9-11-27)32-6-3-5-25-20-21-41-24-37(25)32;1-2-6-9-8(4-1)5-3-7-10-9/h2*1-24H;1-7H. The van der Waals surface area contributed by atoms with Crippen LogP contribution in [0, 0.1) is 0 Å². The molecule has 0 N–H and O–H groups in total. The Hall–Kier alpha value is -12.6. The second-order valence-corrected chi connectivity index (χ2v) is 24.3. The predicted molar refractivity (Wildman–Crippen MR) is 396 cm³/mol. The Labute approximate surface area is 541 Å². The van der Waals surface area contributed by atoms with E-state index >= 15 is 0 Å². The van der Waals surface area contributed by atoms with Crippen LogP contribution in [-0.2, 0) is 0 Å². The van der Waals surface area contributed by atoms with Crippen LogP contribution in [0.3, 0.4) is 0 Å². The summed E-state index contributed by atoms with van der Waals surface area (Å²) in [5.41, 5.74) is 17.5. The minimum absolute atomic E-state index is 1.02. The summed E-state index contributed by atoms with van der Waals surface area (Å²) >= 11 is 0. The van der Waals surface area contributed by atoms with Crippen molar-refractivity contribution < 1.29 is 0 Å². The first-order valence-electron chi connectivity index (χ1n) is 31.9. The van der Waals surface area contributed by atoms with Crippen molar-refractivity contribution in [1.82, 2.24) is 24.9 Å². The molecule has 0 aliphatic heterocycles. The van der Waals surface area contributed by atoms with Gasteiger partial charge in [0, 0.05) is 87.0 Å². The van der Waals surface area contributed by atoms with Crippen LogP contribution in [0.1, 0.15) is 0 Å². The summed E-state index contributed by atoms with van der Waals surface area (Å²) in [5.74, 6) is 0. The first-order valence-corrected chi connectivity index (χ1v) is 31.9. The minimum atomic E-state index is 1.02. The Balaban J connectivity index is 0.000000120. The lowest BCUT2D eigenvalue weighted by Crippen LogP contribution is -1.90. The Kier molecular flexibility index (Phi) is 13.1. The van der Waals surface area contributed by atoms with Gasteiger partial charge >= 0.3 is 0 Å². The molecule has 94 heavy (non-hydrogen) atoms. The topological polar surface area (TPSA) is 64.5 Å². The molecule has 0 radical (unpaired) electrons. The molecule has 0 fully saturated rings. The van der Waals surface area contributed by atoms with Gasteiger partial charge in [-0.05, 0) is 168 Å². The highest BCUT2D eigenvalue weighted by Gasteiger charge is 2.19. The van der Waals surface area contributed by atoms with Crippen LogP contribution in [0.25, 0.3) is 186 Å². The Morgan fingerprint density at radius 1 is 0.170 bits per heavy atom. The van der Waals surface area contributed by atoms with Crippen LogP contribution < -0.4 is 0 Å². The van der Waals surface area contributed by atoms with E-state index in [4.69, 9.17) is 9.97 Å². The number of benzene rings is 15. The van der Waals surface area contributed by atoms with Crippen LogP contribution in [0.2, 0.25) is 0 Å². The lowest BCUT2D eigenvalue weighted by atomic mass is 9.87. The smallest absolute Gasteiger partial charge is 0.0702 e. The summed E-state index contributed by atoms with van der Waals surface area (Å²) in [6, 6.07) is 104. The highest BCUT2D eigenvalue weighted by atomic mass is 14.7. The zero-order valence-electron chi connectivity index (χ0n) is 51.0. The monoisotopic (exact) mass is 1190 g/mol. The third-order valence-corrected chi connectivity index (χ3v) is 19.0. The molecule has 436 valence electrons. The van der Waals surface area contributed by atoms with Gasteiger partial charge in [-0.1, -0.05) is 249 Å². The molecule has 0 spiro atoms. The van der Waals surface area contributed by atoms with Gasteiger partial charge in [0.1, 0.15) is 0 Å². The third kappa shape index (κ3) is 9.45. The van der Waals surface area contributed by atoms with Gasteiger partial charge in [0.05, 0.1) is 16.6 Å². The van der Waals surface area contributed by atoms with E-state index in [-0.39, 0.29) is 0 Å². The van der Waals surface area contributed by atoms with Crippen molar-refractivity contribution in [3.8, 4) is 66.8 Å². The third-order valence-electron chi connectivity index (χ3n) is 19.0. The van der Waals surface area contributed by atoms with Crippen molar-refractivity contribution in [3.05, 3.63) is 335 Å². The maximum absolute atomic E-state index is 4.76. The van der Waals surface area contributed by atoms with E-state index in [0.29, 0.717) is 0 Å². The van der Waals surface area contributed by atoms with Crippen LogP contribution in [0.4, 0.5) is 0 Å². The van der Waals surface area contributed by atoms with Crippen molar-refractivity contribution in [2.75, 3.05) is 0 Å². The van der Waals surface area contributed by atoms with Gasteiger partial charge in [0.25, 0.3) is 0 Å². The number of hydrogen-bond donors (Lipinski definition) is 0. The molecule has 15 aromatic carbocycles. The van der Waals surface area contributed by atoms with Crippen molar-refractivity contribution in [3.63, 3.8) is 0 Å². The maximum Gasteiger partial charge on any atom is 0.0702 e. The number of aromatic nitrogens is 5. The number of nitrogens with zero attached hydrogens (tertiary/aromatic N) is 5. The molecule has 5 heteroatoms. The second-order valence-electron chi connectivity index (χ2n) is 24.3. The summed E-state index contributed by atoms with van der Waals surface area (Å²) in [5, 5.41) is 23.7. The Morgan fingerprint density at radius 2 is 0.564 bits per heavy atom. The summed E-state index contributed by atoms with van der Waals surface area (Å²) in [4.78, 5) is 22.6. The number of para-hydroxylation sites is 3.